The molecule has 0 atom stereocenters. The maximum absolute atomic E-state index is 9.01. The maximum Gasteiger partial charge on any atom is 0.119 e. The number of para-hydroxylation sites is 1. The Bertz CT molecular complexity index is 306. The quantitative estimate of drug-likeness (QED) is 0.675. The molecule has 0 amide bonds. The average Bonchev–Trinajstić information content (AvgIpc) is 2.17. The van der Waals surface area contributed by atoms with Crippen molar-refractivity contribution in [2.24, 2.45) is 0 Å². The molecule has 1 aliphatic heterocycles. The highest BCUT2D eigenvalue weighted by atomic mass is 16.3. The third kappa shape index (κ3) is 1.10. The number of rotatable bonds is 1. The smallest absolute Gasteiger partial charge is 0.119 e. The molecule has 1 aromatic carbocycles. The van der Waals surface area contributed by atoms with Crippen molar-refractivity contribution >= 4 is 5.69 Å². The van der Waals surface area contributed by atoms with Crippen LogP contribution in [0.2, 0.25) is 0 Å². The number of allylic oxidation sites excluding steroid dienone is 1. The molecule has 1 aromatic rings. The Morgan fingerprint density at radius 2 is 2.17 bits per heavy atom. The van der Waals surface area contributed by atoms with Crippen LogP contribution in [0.3, 0.4) is 0 Å². The normalized spacial score (nSPS) is 14.6. The summed E-state index contributed by atoms with van der Waals surface area (Å²) in [6.45, 7) is 0.0491. The number of fused-ring (bicyclic) bond motifs is 1. The van der Waals surface area contributed by atoms with Crippen molar-refractivity contribution in [3.05, 3.63) is 42.1 Å². The van der Waals surface area contributed by atoms with Gasteiger partial charge in [-0.2, -0.15) is 0 Å². The van der Waals surface area contributed by atoms with E-state index in [4.69, 9.17) is 5.11 Å². The second kappa shape index (κ2) is 2.99. The molecule has 1 aliphatic rings. The predicted octanol–water partition coefficient (Wildman–Crippen LogP) is 1.51. The number of hydrogen-bond donors (Lipinski definition) is 1. The summed E-state index contributed by atoms with van der Waals surface area (Å²) in [5.74, 6) is 0. The molecule has 62 valence electrons. The van der Waals surface area contributed by atoms with Crippen LogP contribution in [0.4, 0.5) is 5.69 Å². The van der Waals surface area contributed by atoms with E-state index in [0.29, 0.717) is 0 Å². The Balaban J connectivity index is 2.43. The summed E-state index contributed by atoms with van der Waals surface area (Å²) in [6, 6.07) is 8.12. The minimum Gasteiger partial charge on any atom is -0.376 e. The fraction of sp³-hybridized carbons (Fsp3) is 0.200. The molecule has 2 rings (SSSR count). The first-order valence-electron chi connectivity index (χ1n) is 4.04. The summed E-state index contributed by atoms with van der Waals surface area (Å²) < 4.78 is 0. The van der Waals surface area contributed by atoms with Crippen LogP contribution in [0.5, 0.6) is 0 Å². The zero-order chi connectivity index (χ0) is 8.39. The van der Waals surface area contributed by atoms with E-state index in [1.165, 1.54) is 5.56 Å². The summed E-state index contributed by atoms with van der Waals surface area (Å²) in [6.07, 6.45) is 4.94. The standard InChI is InChI=1S/C10H11NO/c12-8-11-7-3-5-9-4-1-2-6-10(9)11/h1-4,6-7,12H,5,8H2. The van der Waals surface area contributed by atoms with Crippen molar-refractivity contribution in [1.82, 2.24) is 0 Å². The summed E-state index contributed by atoms with van der Waals surface area (Å²) in [7, 11) is 0. The van der Waals surface area contributed by atoms with Crippen LogP contribution in [-0.2, 0) is 6.42 Å². The van der Waals surface area contributed by atoms with Crippen molar-refractivity contribution in [2.75, 3.05) is 11.6 Å². The van der Waals surface area contributed by atoms with Crippen LogP contribution in [0.15, 0.2) is 36.5 Å². The molecule has 0 fully saturated rings. The number of aliphatic hydroxyl groups excluding tert-OH is 1. The molecular formula is C10H11NO. The van der Waals surface area contributed by atoms with Crippen molar-refractivity contribution in [2.45, 2.75) is 6.42 Å². The van der Waals surface area contributed by atoms with E-state index in [1.54, 1.807) is 0 Å². The largest absolute Gasteiger partial charge is 0.376 e. The third-order valence-electron chi connectivity index (χ3n) is 2.08. The van der Waals surface area contributed by atoms with Gasteiger partial charge < -0.3 is 10.0 Å². The summed E-state index contributed by atoms with van der Waals surface area (Å²) in [4.78, 5) is 1.83. The molecule has 1 heterocycles. The van der Waals surface area contributed by atoms with Crippen LogP contribution in [0.25, 0.3) is 0 Å². The van der Waals surface area contributed by atoms with Crippen LogP contribution >= 0.6 is 0 Å². The summed E-state index contributed by atoms with van der Waals surface area (Å²) in [5.41, 5.74) is 2.39. The van der Waals surface area contributed by atoms with Gasteiger partial charge in [-0.05, 0) is 18.1 Å². The number of nitrogens with zero attached hydrogens (tertiary/aromatic N) is 1. The van der Waals surface area contributed by atoms with Gasteiger partial charge in [0.15, 0.2) is 0 Å². The summed E-state index contributed by atoms with van der Waals surface area (Å²) in [5, 5.41) is 9.01. The molecule has 0 unspecified atom stereocenters. The number of hydrogen-bond acceptors (Lipinski definition) is 2. The second-order valence-electron chi connectivity index (χ2n) is 2.83. The van der Waals surface area contributed by atoms with Gasteiger partial charge in [0.05, 0.1) is 0 Å². The fourth-order valence-corrected chi connectivity index (χ4v) is 1.47. The van der Waals surface area contributed by atoms with Crippen molar-refractivity contribution < 1.29 is 5.11 Å². The van der Waals surface area contributed by atoms with Gasteiger partial charge in [-0.1, -0.05) is 24.3 Å². The lowest BCUT2D eigenvalue weighted by molar-refractivity contribution is 0.302. The third-order valence-corrected chi connectivity index (χ3v) is 2.08. The van der Waals surface area contributed by atoms with Crippen LogP contribution in [0.1, 0.15) is 5.56 Å². The second-order valence-corrected chi connectivity index (χ2v) is 2.83. The Hall–Kier alpha value is -1.28. The van der Waals surface area contributed by atoms with Crippen molar-refractivity contribution in [1.29, 1.82) is 0 Å². The topological polar surface area (TPSA) is 23.5 Å². The molecule has 0 radical (unpaired) electrons. The zero-order valence-corrected chi connectivity index (χ0v) is 6.77. The van der Waals surface area contributed by atoms with E-state index in [9.17, 15) is 0 Å². The molecule has 0 saturated carbocycles. The average molecular weight is 161 g/mol. The van der Waals surface area contributed by atoms with Gasteiger partial charge in [-0.3, -0.25) is 0 Å². The van der Waals surface area contributed by atoms with E-state index in [-0.39, 0.29) is 6.73 Å². The highest BCUT2D eigenvalue weighted by Crippen LogP contribution is 2.24. The molecule has 2 heteroatoms. The number of benzene rings is 1. The van der Waals surface area contributed by atoms with Gasteiger partial charge >= 0.3 is 0 Å². The molecule has 0 bridgehead atoms. The highest BCUT2D eigenvalue weighted by Gasteiger charge is 2.09. The maximum atomic E-state index is 9.01. The lowest BCUT2D eigenvalue weighted by Crippen LogP contribution is -2.20. The molecule has 0 spiro atoms. The summed E-state index contributed by atoms with van der Waals surface area (Å²) >= 11 is 0. The van der Waals surface area contributed by atoms with Crippen molar-refractivity contribution in [3.63, 3.8) is 0 Å². The Kier molecular flexibility index (Phi) is 1.84. The lowest BCUT2D eigenvalue weighted by atomic mass is 10.1. The van der Waals surface area contributed by atoms with E-state index in [0.717, 1.165) is 12.1 Å². The molecule has 2 nitrogen and oxygen atoms in total. The molecule has 12 heavy (non-hydrogen) atoms. The van der Waals surface area contributed by atoms with E-state index >= 15 is 0 Å². The van der Waals surface area contributed by atoms with Gasteiger partial charge in [-0.25, -0.2) is 0 Å². The Morgan fingerprint density at radius 1 is 1.33 bits per heavy atom. The van der Waals surface area contributed by atoms with Crippen molar-refractivity contribution in [3.8, 4) is 0 Å². The predicted molar refractivity (Wildman–Crippen MR) is 48.9 cm³/mol. The molecule has 0 saturated heterocycles. The first-order chi connectivity index (χ1) is 5.92. The van der Waals surface area contributed by atoms with Gasteiger partial charge in [0.1, 0.15) is 6.73 Å². The van der Waals surface area contributed by atoms with Gasteiger partial charge in [0, 0.05) is 11.9 Å². The molecular weight excluding hydrogens is 150 g/mol. The minimum absolute atomic E-state index is 0.0491. The monoisotopic (exact) mass is 161 g/mol. The first kappa shape index (κ1) is 7.37. The fourth-order valence-electron chi connectivity index (χ4n) is 1.47. The van der Waals surface area contributed by atoms with Gasteiger partial charge in [0.2, 0.25) is 0 Å². The van der Waals surface area contributed by atoms with E-state index < -0.39 is 0 Å². The highest BCUT2D eigenvalue weighted by molar-refractivity contribution is 5.58. The molecule has 0 aliphatic carbocycles. The number of anilines is 1. The van der Waals surface area contributed by atoms with Gasteiger partial charge in [0.25, 0.3) is 0 Å². The van der Waals surface area contributed by atoms with Gasteiger partial charge in [-0.15, -0.1) is 0 Å². The minimum atomic E-state index is 0.0491. The van der Waals surface area contributed by atoms with E-state index in [2.05, 4.69) is 12.1 Å². The zero-order valence-electron chi connectivity index (χ0n) is 6.77. The van der Waals surface area contributed by atoms with Crippen LogP contribution in [-0.4, -0.2) is 11.8 Å². The van der Waals surface area contributed by atoms with E-state index in [1.807, 2.05) is 29.3 Å². The van der Waals surface area contributed by atoms with Crippen LogP contribution in [0, 0.1) is 0 Å². The van der Waals surface area contributed by atoms with Crippen LogP contribution < -0.4 is 4.90 Å². The first-order valence-corrected chi connectivity index (χ1v) is 4.04. The SMILES string of the molecule is OCN1C=CCc2ccccc21. The lowest BCUT2D eigenvalue weighted by Gasteiger charge is -2.23. The Morgan fingerprint density at radius 3 is 3.00 bits per heavy atom. The Labute approximate surface area is 71.7 Å². The molecule has 0 aromatic heterocycles. The number of aliphatic hydroxyl groups is 1. The molecule has 1 N–H and O–H groups in total.